The van der Waals surface area contributed by atoms with E-state index in [-0.39, 0.29) is 0 Å². The molecular formula is C18H33O19P. The van der Waals surface area contributed by atoms with Gasteiger partial charge in [0.1, 0.15) is 73.2 Å². The monoisotopic (exact) mass is 584 g/mol. The number of rotatable bonds is 9. The zero-order valence-corrected chi connectivity index (χ0v) is 20.3. The van der Waals surface area contributed by atoms with E-state index in [9.17, 15) is 55.6 Å². The minimum atomic E-state index is -5.03. The molecule has 0 radical (unpaired) electrons. The minimum Gasteiger partial charge on any atom is -0.394 e. The van der Waals surface area contributed by atoms with Crippen molar-refractivity contribution in [1.29, 1.82) is 0 Å². The zero-order valence-electron chi connectivity index (χ0n) is 19.5. The maximum absolute atomic E-state index is 11.0. The second-order valence-electron chi connectivity index (χ2n) is 8.94. The third-order valence-corrected chi connectivity index (χ3v) is 6.81. The molecule has 0 aromatic carbocycles. The van der Waals surface area contributed by atoms with Crippen LogP contribution in [0.5, 0.6) is 0 Å². The van der Waals surface area contributed by atoms with E-state index < -0.39 is 120 Å². The van der Waals surface area contributed by atoms with Gasteiger partial charge in [-0.25, -0.2) is 4.57 Å². The molecule has 15 atom stereocenters. The lowest BCUT2D eigenvalue weighted by Crippen LogP contribution is -2.66. The number of phosphoric acid groups is 1. The van der Waals surface area contributed by atoms with E-state index >= 15 is 0 Å². The molecule has 0 bridgehead atoms. The van der Waals surface area contributed by atoms with E-state index in [0.717, 1.165) is 0 Å². The number of ether oxygens (including phenoxy) is 5. The van der Waals surface area contributed by atoms with E-state index in [1.54, 1.807) is 0 Å². The summed E-state index contributed by atoms with van der Waals surface area (Å²) in [5.74, 6) is 0. The molecule has 3 fully saturated rings. The lowest BCUT2D eigenvalue weighted by atomic mass is 9.96. The van der Waals surface area contributed by atoms with Crippen LogP contribution in [0.1, 0.15) is 0 Å². The fourth-order valence-electron chi connectivity index (χ4n) is 4.20. The third kappa shape index (κ3) is 7.04. The zero-order chi connectivity index (χ0) is 28.5. The second-order valence-corrected chi connectivity index (χ2v) is 10.2. The highest BCUT2D eigenvalue weighted by molar-refractivity contribution is 7.46. The molecule has 0 amide bonds. The topological polar surface area (TPSA) is 315 Å². The van der Waals surface area contributed by atoms with Crippen molar-refractivity contribution in [3.05, 3.63) is 0 Å². The van der Waals surface area contributed by atoms with Gasteiger partial charge >= 0.3 is 7.82 Å². The Balaban J connectivity index is 1.78. The predicted octanol–water partition coefficient (Wildman–Crippen LogP) is -7.46. The molecule has 20 heteroatoms. The summed E-state index contributed by atoms with van der Waals surface area (Å²) in [4.78, 5) is 17.7. The summed E-state index contributed by atoms with van der Waals surface area (Å²) in [5, 5.41) is 101. The van der Waals surface area contributed by atoms with E-state index in [1.165, 1.54) is 0 Å². The van der Waals surface area contributed by atoms with Gasteiger partial charge in [-0.2, -0.15) is 0 Å². The molecule has 3 heterocycles. The maximum atomic E-state index is 11.0. The fourth-order valence-corrected chi connectivity index (χ4v) is 4.54. The van der Waals surface area contributed by atoms with Crippen molar-refractivity contribution < 1.29 is 93.6 Å². The largest absolute Gasteiger partial charge is 0.469 e. The number of aliphatic hydroxyl groups excluding tert-OH is 10. The highest BCUT2D eigenvalue weighted by atomic mass is 31.2. The van der Waals surface area contributed by atoms with Crippen molar-refractivity contribution >= 4 is 7.82 Å². The van der Waals surface area contributed by atoms with E-state index in [0.29, 0.717) is 0 Å². The normalized spacial score (nSPS) is 48.7. The van der Waals surface area contributed by atoms with E-state index in [4.69, 9.17) is 33.5 Å². The number of aliphatic hydroxyl groups is 10. The Bertz CT molecular complexity index is 800. The average molecular weight is 584 g/mol. The first-order chi connectivity index (χ1) is 17.7. The van der Waals surface area contributed by atoms with Gasteiger partial charge in [0.2, 0.25) is 0 Å². The Morgan fingerprint density at radius 1 is 0.579 bits per heavy atom. The first kappa shape index (κ1) is 32.0. The summed E-state index contributed by atoms with van der Waals surface area (Å²) in [6, 6.07) is 0. The molecule has 0 saturated carbocycles. The molecule has 224 valence electrons. The first-order valence-corrected chi connectivity index (χ1v) is 12.9. The molecule has 0 aliphatic carbocycles. The van der Waals surface area contributed by atoms with Crippen molar-refractivity contribution in [2.24, 2.45) is 0 Å². The van der Waals surface area contributed by atoms with Crippen molar-refractivity contribution in [3.63, 3.8) is 0 Å². The molecule has 0 aromatic rings. The summed E-state index contributed by atoms with van der Waals surface area (Å²) in [7, 11) is -5.03. The third-order valence-electron chi connectivity index (χ3n) is 6.32. The van der Waals surface area contributed by atoms with Crippen LogP contribution in [-0.2, 0) is 32.8 Å². The standard InChI is InChI=1S/C18H33O19P/c19-1-4-8(22)14(12(26)16(28)33-4)36-18-13(27)15(9(23)5(2-20)34-18)37-17-11(25)10(24)7(21)6(35-17)3-32-38(29,30)31/h4-28H,1-3H2,(H2,29,30,31)/t4-,5-,6-,7-,8-,9-,10+,11-,12-,13-,14+,15+,16-,17+,18+/m0/s1. The van der Waals surface area contributed by atoms with Crippen LogP contribution in [-0.4, -0.2) is 173 Å². The highest BCUT2D eigenvalue weighted by Gasteiger charge is 2.53. The number of hydrogen-bond acceptors (Lipinski definition) is 17. The van der Waals surface area contributed by atoms with Gasteiger partial charge in [0.15, 0.2) is 18.9 Å². The minimum absolute atomic E-state index is 0.791. The fraction of sp³-hybridized carbons (Fsp3) is 1.00. The van der Waals surface area contributed by atoms with Crippen LogP contribution in [0.25, 0.3) is 0 Å². The first-order valence-electron chi connectivity index (χ1n) is 11.3. The van der Waals surface area contributed by atoms with Crippen molar-refractivity contribution in [2.45, 2.75) is 92.1 Å². The molecule has 3 saturated heterocycles. The van der Waals surface area contributed by atoms with Crippen LogP contribution in [0.3, 0.4) is 0 Å². The van der Waals surface area contributed by atoms with Crippen LogP contribution in [0.2, 0.25) is 0 Å². The number of hydrogen-bond donors (Lipinski definition) is 12. The molecule has 0 aromatic heterocycles. The highest BCUT2D eigenvalue weighted by Crippen LogP contribution is 2.37. The Morgan fingerprint density at radius 3 is 1.58 bits per heavy atom. The van der Waals surface area contributed by atoms with Gasteiger partial charge in [0.05, 0.1) is 19.8 Å². The summed E-state index contributed by atoms with van der Waals surface area (Å²) < 4.78 is 41.4. The number of phosphoric ester groups is 1. The van der Waals surface area contributed by atoms with Gasteiger partial charge in [-0.3, -0.25) is 4.52 Å². The van der Waals surface area contributed by atoms with Crippen LogP contribution in [0.15, 0.2) is 0 Å². The van der Waals surface area contributed by atoms with E-state index in [1.807, 2.05) is 0 Å². The summed E-state index contributed by atoms with van der Waals surface area (Å²) in [6.45, 7) is -2.64. The molecular weight excluding hydrogens is 551 g/mol. The van der Waals surface area contributed by atoms with Crippen LogP contribution in [0, 0.1) is 0 Å². The Hall–Kier alpha value is -0.490. The van der Waals surface area contributed by atoms with Crippen molar-refractivity contribution in [2.75, 3.05) is 19.8 Å². The maximum Gasteiger partial charge on any atom is 0.469 e. The molecule has 0 spiro atoms. The van der Waals surface area contributed by atoms with Crippen LogP contribution in [0.4, 0.5) is 0 Å². The Labute approximate surface area is 214 Å². The van der Waals surface area contributed by atoms with Gasteiger partial charge in [0.25, 0.3) is 0 Å². The Morgan fingerprint density at radius 2 is 1.05 bits per heavy atom. The summed E-state index contributed by atoms with van der Waals surface area (Å²) >= 11 is 0. The lowest BCUT2D eigenvalue weighted by Gasteiger charge is -2.47. The molecule has 3 aliphatic rings. The van der Waals surface area contributed by atoms with E-state index in [2.05, 4.69) is 4.52 Å². The van der Waals surface area contributed by atoms with Crippen LogP contribution < -0.4 is 0 Å². The smallest absolute Gasteiger partial charge is 0.394 e. The van der Waals surface area contributed by atoms with Gasteiger partial charge in [-0.1, -0.05) is 0 Å². The van der Waals surface area contributed by atoms with Gasteiger partial charge in [-0.15, -0.1) is 0 Å². The molecule has 12 N–H and O–H groups in total. The molecule has 3 aliphatic heterocycles. The van der Waals surface area contributed by atoms with Gasteiger partial charge < -0.3 is 84.5 Å². The molecule has 3 rings (SSSR count). The predicted molar refractivity (Wildman–Crippen MR) is 112 cm³/mol. The second kappa shape index (κ2) is 13.0. The summed E-state index contributed by atoms with van der Waals surface area (Å²) in [6.07, 6.45) is -27.4. The Kier molecular flexibility index (Phi) is 11.0. The van der Waals surface area contributed by atoms with Gasteiger partial charge in [0, 0.05) is 0 Å². The average Bonchev–Trinajstić information content (AvgIpc) is 2.86. The SMILES string of the molecule is O=P(O)(O)OC[C@@H]1O[C@H](O[C@H]2[C@H](O)[C@@H](O[C@@H]3[C@@H](O)[C@H](CO)O[C@H](O)[C@H]3O)O[C@@H](CO)[C@@H]2O)[C@@H](O)[C@H](O)[C@H]1O. The quantitative estimate of drug-likeness (QED) is 0.112. The lowest BCUT2D eigenvalue weighted by molar-refractivity contribution is -0.379. The summed E-state index contributed by atoms with van der Waals surface area (Å²) in [5.41, 5.74) is 0. The molecule has 19 nitrogen and oxygen atoms in total. The van der Waals surface area contributed by atoms with Crippen molar-refractivity contribution in [3.8, 4) is 0 Å². The molecule has 38 heavy (non-hydrogen) atoms. The van der Waals surface area contributed by atoms with Gasteiger partial charge in [-0.05, 0) is 0 Å². The molecule has 0 unspecified atom stereocenters. The van der Waals surface area contributed by atoms with Crippen molar-refractivity contribution in [1.82, 2.24) is 0 Å². The van der Waals surface area contributed by atoms with Crippen LogP contribution >= 0.6 is 7.82 Å².